The molecule has 0 fully saturated rings. The van der Waals surface area contributed by atoms with Crippen molar-refractivity contribution in [3.8, 4) is 11.5 Å². The average Bonchev–Trinajstić information content (AvgIpc) is 3.16. The number of aromatic nitrogens is 2. The van der Waals surface area contributed by atoms with Gasteiger partial charge in [-0.1, -0.05) is 23.7 Å². The second kappa shape index (κ2) is 7.52. The molecule has 0 saturated heterocycles. The van der Waals surface area contributed by atoms with E-state index < -0.39 is 5.97 Å². The number of carbonyl (C=O) groups is 1. The van der Waals surface area contributed by atoms with Gasteiger partial charge >= 0.3 is 5.97 Å². The summed E-state index contributed by atoms with van der Waals surface area (Å²) >= 11 is 6.12. The third-order valence-corrected chi connectivity index (χ3v) is 4.78. The van der Waals surface area contributed by atoms with Gasteiger partial charge in [-0.2, -0.15) is 0 Å². The van der Waals surface area contributed by atoms with Gasteiger partial charge in [0.2, 0.25) is 6.79 Å². The molecule has 2 heterocycles. The highest BCUT2D eigenvalue weighted by Crippen LogP contribution is 2.39. The van der Waals surface area contributed by atoms with Gasteiger partial charge in [0.05, 0.1) is 28.7 Å². The lowest BCUT2D eigenvalue weighted by molar-refractivity contribution is -0.145. The fourth-order valence-electron chi connectivity index (χ4n) is 3.05. The van der Waals surface area contributed by atoms with Crippen molar-refractivity contribution in [2.24, 2.45) is 0 Å². The Morgan fingerprint density at radius 2 is 2.18 bits per heavy atom. The Hall–Kier alpha value is -3.06. The molecular formula is C20H17ClN2O5. The molecule has 28 heavy (non-hydrogen) atoms. The number of para-hydroxylation sites is 1. The molecule has 0 aliphatic carbocycles. The first-order chi connectivity index (χ1) is 13.5. The number of hydrogen-bond donors (Lipinski definition) is 0. The van der Waals surface area contributed by atoms with Gasteiger partial charge in [0.25, 0.3) is 5.56 Å². The quantitative estimate of drug-likeness (QED) is 0.612. The van der Waals surface area contributed by atoms with E-state index in [0.29, 0.717) is 33.0 Å². The molecule has 1 aliphatic heterocycles. The Labute approximate surface area is 165 Å². The molecule has 8 heteroatoms. The standard InChI is InChI=1S/C20H17ClN2O5/c1-12-3-2-4-14-18(12)22-10-23(20(14)25)6-5-17(24)26-9-13-7-15(21)19-16(8-13)27-11-28-19/h2-4,7-8,10H,5-6,9,11H2,1H3. The van der Waals surface area contributed by atoms with Gasteiger partial charge < -0.3 is 14.2 Å². The molecule has 4 rings (SSSR count). The smallest absolute Gasteiger partial charge is 0.307 e. The molecule has 1 aliphatic rings. The molecule has 0 spiro atoms. The normalized spacial score (nSPS) is 12.4. The van der Waals surface area contributed by atoms with Crippen LogP contribution in [0.5, 0.6) is 11.5 Å². The summed E-state index contributed by atoms with van der Waals surface area (Å²) in [5.41, 5.74) is 2.13. The van der Waals surface area contributed by atoms with E-state index in [4.69, 9.17) is 25.8 Å². The summed E-state index contributed by atoms with van der Waals surface area (Å²) in [6.07, 6.45) is 1.51. The van der Waals surface area contributed by atoms with Crippen molar-refractivity contribution in [3.63, 3.8) is 0 Å². The van der Waals surface area contributed by atoms with Gasteiger partial charge in [-0.3, -0.25) is 14.2 Å². The first-order valence-electron chi connectivity index (χ1n) is 8.71. The molecule has 0 N–H and O–H groups in total. The summed E-state index contributed by atoms with van der Waals surface area (Å²) in [5, 5.41) is 0.941. The second-order valence-corrected chi connectivity index (χ2v) is 6.84. The monoisotopic (exact) mass is 400 g/mol. The van der Waals surface area contributed by atoms with E-state index in [1.54, 1.807) is 18.2 Å². The van der Waals surface area contributed by atoms with E-state index >= 15 is 0 Å². The number of nitrogens with zero attached hydrogens (tertiary/aromatic N) is 2. The maximum absolute atomic E-state index is 12.5. The maximum atomic E-state index is 12.5. The molecule has 144 valence electrons. The predicted octanol–water partition coefficient (Wildman–Crippen LogP) is 3.22. The van der Waals surface area contributed by atoms with E-state index in [9.17, 15) is 9.59 Å². The summed E-state index contributed by atoms with van der Waals surface area (Å²) in [6, 6.07) is 8.84. The van der Waals surface area contributed by atoms with Crippen LogP contribution in [-0.4, -0.2) is 22.3 Å². The van der Waals surface area contributed by atoms with Gasteiger partial charge in [-0.05, 0) is 36.2 Å². The zero-order valence-corrected chi connectivity index (χ0v) is 15.9. The number of ether oxygens (including phenoxy) is 3. The SMILES string of the molecule is Cc1cccc2c(=O)n(CCC(=O)OCc3cc(Cl)c4c(c3)OCO4)cnc12. The van der Waals surface area contributed by atoms with E-state index in [0.717, 1.165) is 5.56 Å². The van der Waals surface area contributed by atoms with Crippen LogP contribution in [0.2, 0.25) is 5.02 Å². The Kier molecular flexibility index (Phi) is 4.92. The van der Waals surface area contributed by atoms with Crippen LogP contribution >= 0.6 is 11.6 Å². The Bertz CT molecular complexity index is 1130. The zero-order valence-electron chi connectivity index (χ0n) is 15.1. The maximum Gasteiger partial charge on any atom is 0.307 e. The number of esters is 1. The third-order valence-electron chi connectivity index (χ3n) is 4.50. The van der Waals surface area contributed by atoms with Crippen molar-refractivity contribution in [2.45, 2.75) is 26.5 Å². The zero-order chi connectivity index (χ0) is 19.7. The summed E-state index contributed by atoms with van der Waals surface area (Å²) in [6.45, 7) is 2.26. The van der Waals surface area contributed by atoms with Crippen molar-refractivity contribution in [2.75, 3.05) is 6.79 Å². The fourth-order valence-corrected chi connectivity index (χ4v) is 3.34. The van der Waals surface area contributed by atoms with E-state index in [-0.39, 0.29) is 31.9 Å². The Balaban J connectivity index is 1.39. The van der Waals surface area contributed by atoms with Crippen LogP contribution in [0.15, 0.2) is 41.5 Å². The summed E-state index contributed by atoms with van der Waals surface area (Å²) in [4.78, 5) is 29.0. The number of hydrogen-bond acceptors (Lipinski definition) is 6. The largest absolute Gasteiger partial charge is 0.461 e. The molecular weight excluding hydrogens is 384 g/mol. The molecule has 7 nitrogen and oxygen atoms in total. The van der Waals surface area contributed by atoms with Crippen LogP contribution in [-0.2, 0) is 22.7 Å². The number of aryl methyl sites for hydroxylation is 2. The minimum Gasteiger partial charge on any atom is -0.461 e. The lowest BCUT2D eigenvalue weighted by Crippen LogP contribution is -2.22. The first kappa shape index (κ1) is 18.3. The molecule has 0 radical (unpaired) electrons. The lowest BCUT2D eigenvalue weighted by atomic mass is 10.1. The van der Waals surface area contributed by atoms with E-state index in [2.05, 4.69) is 4.98 Å². The number of carbonyl (C=O) groups excluding carboxylic acids is 1. The minimum atomic E-state index is -0.426. The van der Waals surface area contributed by atoms with E-state index in [1.807, 2.05) is 19.1 Å². The van der Waals surface area contributed by atoms with Crippen LogP contribution in [0, 0.1) is 6.92 Å². The lowest BCUT2D eigenvalue weighted by Gasteiger charge is -2.09. The molecule has 0 atom stereocenters. The molecule has 0 amide bonds. The van der Waals surface area contributed by atoms with Crippen LogP contribution in [0.1, 0.15) is 17.5 Å². The highest BCUT2D eigenvalue weighted by atomic mass is 35.5. The Morgan fingerprint density at radius 1 is 1.32 bits per heavy atom. The molecule has 0 saturated carbocycles. The number of halogens is 1. The topological polar surface area (TPSA) is 79.7 Å². The highest BCUT2D eigenvalue weighted by molar-refractivity contribution is 6.32. The molecule has 0 bridgehead atoms. The van der Waals surface area contributed by atoms with Crippen molar-refractivity contribution >= 4 is 28.5 Å². The number of rotatable bonds is 5. The highest BCUT2D eigenvalue weighted by Gasteiger charge is 2.18. The summed E-state index contributed by atoms with van der Waals surface area (Å²) < 4.78 is 17.2. The minimum absolute atomic E-state index is 0.0528. The summed E-state index contributed by atoms with van der Waals surface area (Å²) in [5.74, 6) is 0.600. The van der Waals surface area contributed by atoms with Crippen molar-refractivity contribution in [1.82, 2.24) is 9.55 Å². The van der Waals surface area contributed by atoms with Crippen LogP contribution in [0.3, 0.4) is 0 Å². The molecule has 0 unspecified atom stereocenters. The van der Waals surface area contributed by atoms with Gasteiger partial charge in [0.1, 0.15) is 6.61 Å². The molecule has 2 aromatic carbocycles. The number of fused-ring (bicyclic) bond motifs is 2. The van der Waals surface area contributed by atoms with Gasteiger partial charge in [0, 0.05) is 6.54 Å². The van der Waals surface area contributed by atoms with Crippen molar-refractivity contribution in [1.29, 1.82) is 0 Å². The van der Waals surface area contributed by atoms with E-state index in [1.165, 1.54) is 10.9 Å². The third kappa shape index (κ3) is 3.53. The first-order valence-corrected chi connectivity index (χ1v) is 9.09. The fraction of sp³-hybridized carbons (Fsp3) is 0.250. The van der Waals surface area contributed by atoms with Crippen molar-refractivity contribution < 1.29 is 19.0 Å². The summed E-state index contributed by atoms with van der Waals surface area (Å²) in [7, 11) is 0. The number of benzene rings is 2. The molecule has 1 aromatic heterocycles. The second-order valence-electron chi connectivity index (χ2n) is 6.44. The van der Waals surface area contributed by atoms with Crippen molar-refractivity contribution in [3.05, 3.63) is 63.2 Å². The van der Waals surface area contributed by atoms with Gasteiger partial charge in [-0.25, -0.2) is 4.98 Å². The average molecular weight is 401 g/mol. The van der Waals surface area contributed by atoms with Gasteiger partial charge in [-0.15, -0.1) is 0 Å². The predicted molar refractivity (Wildman–Crippen MR) is 103 cm³/mol. The van der Waals surface area contributed by atoms with Crippen LogP contribution < -0.4 is 15.0 Å². The molecule has 3 aromatic rings. The van der Waals surface area contributed by atoms with Crippen LogP contribution in [0.4, 0.5) is 0 Å². The Morgan fingerprint density at radius 3 is 3.04 bits per heavy atom. The van der Waals surface area contributed by atoms with Crippen LogP contribution in [0.25, 0.3) is 10.9 Å². The van der Waals surface area contributed by atoms with Gasteiger partial charge in [0.15, 0.2) is 11.5 Å².